The van der Waals surface area contributed by atoms with Crippen molar-refractivity contribution in [3.63, 3.8) is 0 Å². The van der Waals surface area contributed by atoms with Gasteiger partial charge in [0.2, 0.25) is 0 Å². The summed E-state index contributed by atoms with van der Waals surface area (Å²) >= 11 is 0. The van der Waals surface area contributed by atoms with Crippen LogP contribution >= 0.6 is 0 Å². The van der Waals surface area contributed by atoms with Gasteiger partial charge in [-0.25, -0.2) is 14.2 Å². The monoisotopic (exact) mass is 433 g/mol. The maximum atomic E-state index is 13.9. The van der Waals surface area contributed by atoms with Crippen LogP contribution in [0.3, 0.4) is 0 Å². The lowest BCUT2D eigenvalue weighted by molar-refractivity contribution is -0.0572. The van der Waals surface area contributed by atoms with E-state index in [1.54, 1.807) is 30.3 Å². The second-order valence-corrected chi connectivity index (χ2v) is 6.11. The predicted octanol–water partition coefficient (Wildman–Crippen LogP) is 4.90. The molecule has 2 N–H and O–H groups in total. The largest absolute Gasteiger partial charge is 0.465 e. The number of aliphatic imine (C=N–C) groups is 1. The van der Waals surface area contributed by atoms with Crippen molar-refractivity contribution in [1.29, 1.82) is 0 Å². The van der Waals surface area contributed by atoms with Crippen LogP contribution in [0.4, 0.5) is 23.2 Å². The molecule has 31 heavy (non-hydrogen) atoms. The Morgan fingerprint density at radius 1 is 1.16 bits per heavy atom. The van der Waals surface area contributed by atoms with Crippen LogP contribution in [-0.2, 0) is 4.74 Å². The van der Waals surface area contributed by atoms with Crippen LogP contribution in [0.25, 0.3) is 16.8 Å². The Balaban J connectivity index is 2.23. The maximum Gasteiger partial charge on any atom is 0.434 e. The lowest BCUT2D eigenvalue weighted by Gasteiger charge is -2.13. The average molecular weight is 433 g/mol. The minimum atomic E-state index is -5.02. The van der Waals surface area contributed by atoms with Gasteiger partial charge in [-0.15, -0.1) is 0 Å². The molecule has 0 unspecified atom stereocenters. The Kier molecular flexibility index (Phi) is 6.19. The van der Waals surface area contributed by atoms with E-state index in [0.717, 1.165) is 19.2 Å². The predicted molar refractivity (Wildman–Crippen MR) is 105 cm³/mol. The normalized spacial score (nSPS) is 12.7. The number of hydrogen-bond donors (Lipinski definition) is 1. The van der Waals surface area contributed by atoms with E-state index in [9.17, 15) is 22.4 Å². The molecule has 0 atom stereocenters. The van der Waals surface area contributed by atoms with Gasteiger partial charge in [-0.3, -0.25) is 0 Å². The third-order valence-electron chi connectivity index (χ3n) is 4.11. The molecule has 1 aromatic heterocycles. The van der Waals surface area contributed by atoms with Crippen LogP contribution in [0.1, 0.15) is 16.1 Å². The maximum absolute atomic E-state index is 13.9. The summed E-state index contributed by atoms with van der Waals surface area (Å²) in [7, 11) is 1.06. The number of carbonyl (C=O) groups is 1. The topological polar surface area (TPSA) is 90.7 Å². The van der Waals surface area contributed by atoms with Crippen LogP contribution in [0, 0.1) is 5.82 Å². The molecule has 0 bridgehead atoms. The van der Waals surface area contributed by atoms with Crippen molar-refractivity contribution in [2.45, 2.75) is 6.18 Å². The summed E-state index contributed by atoms with van der Waals surface area (Å²) in [5.41, 5.74) is 2.93. The van der Waals surface area contributed by atoms with Gasteiger partial charge >= 0.3 is 12.1 Å². The minimum absolute atomic E-state index is 0.0333. The molecule has 0 saturated heterocycles. The Morgan fingerprint density at radius 2 is 1.87 bits per heavy atom. The van der Waals surface area contributed by atoms with Gasteiger partial charge in [0.25, 0.3) is 0 Å². The molecule has 0 radical (unpaired) electrons. The van der Waals surface area contributed by atoms with Gasteiger partial charge in [0.05, 0.1) is 18.4 Å². The van der Waals surface area contributed by atoms with Crippen LogP contribution in [0.5, 0.6) is 0 Å². The SMILES string of the molecule is COC(=O)c1c(-c2ccccc2)noc1C(=CN)C(=Nc1cccc(F)c1)C(F)(F)F. The number of methoxy groups -OCH3 is 1. The zero-order chi connectivity index (χ0) is 22.6. The van der Waals surface area contributed by atoms with E-state index >= 15 is 0 Å². The number of nitrogens with zero attached hydrogens (tertiary/aromatic N) is 2. The Bertz CT molecular complexity index is 1150. The second kappa shape index (κ2) is 8.82. The van der Waals surface area contributed by atoms with Crippen molar-refractivity contribution < 1.29 is 31.6 Å². The summed E-state index contributed by atoms with van der Waals surface area (Å²) in [6, 6.07) is 12.4. The first-order chi connectivity index (χ1) is 14.8. The highest BCUT2D eigenvalue weighted by Gasteiger charge is 2.42. The molecule has 0 aliphatic rings. The van der Waals surface area contributed by atoms with E-state index in [0.29, 0.717) is 11.8 Å². The number of ether oxygens (including phenoxy) is 1. The standard InChI is InChI=1S/C21H15F4N3O3/c1-30-20(29)16-17(12-6-3-2-4-7-12)28-31-18(16)15(11-26)19(21(23,24)25)27-14-9-5-8-13(22)10-14/h2-11H,26H2,1H3. The third kappa shape index (κ3) is 4.63. The summed E-state index contributed by atoms with van der Waals surface area (Å²) in [6.45, 7) is 0. The molecule has 160 valence electrons. The average Bonchev–Trinajstić information content (AvgIpc) is 3.18. The number of benzene rings is 2. The van der Waals surface area contributed by atoms with E-state index in [1.165, 1.54) is 12.1 Å². The molecule has 0 spiro atoms. The Morgan fingerprint density at radius 3 is 2.45 bits per heavy atom. The van der Waals surface area contributed by atoms with Crippen LogP contribution in [0.2, 0.25) is 0 Å². The van der Waals surface area contributed by atoms with Crippen molar-refractivity contribution in [3.8, 4) is 11.3 Å². The number of aromatic nitrogens is 1. The van der Waals surface area contributed by atoms with Gasteiger partial charge < -0.3 is 15.0 Å². The summed E-state index contributed by atoms with van der Waals surface area (Å²) in [6.07, 6.45) is -4.43. The van der Waals surface area contributed by atoms with Crippen molar-refractivity contribution in [1.82, 2.24) is 5.16 Å². The number of halogens is 4. The molecule has 1 heterocycles. The molecule has 2 aromatic carbocycles. The van der Waals surface area contributed by atoms with E-state index in [4.69, 9.17) is 15.0 Å². The van der Waals surface area contributed by atoms with Crippen molar-refractivity contribution >= 4 is 22.9 Å². The lowest BCUT2D eigenvalue weighted by Crippen LogP contribution is -2.25. The highest BCUT2D eigenvalue weighted by Crippen LogP contribution is 2.35. The van der Waals surface area contributed by atoms with Gasteiger partial charge in [-0.05, 0) is 18.2 Å². The van der Waals surface area contributed by atoms with Crippen molar-refractivity contribution in [2.75, 3.05) is 7.11 Å². The highest BCUT2D eigenvalue weighted by molar-refractivity contribution is 6.28. The molecule has 10 heteroatoms. The molecular weight excluding hydrogens is 418 g/mol. The fraction of sp³-hybridized carbons (Fsp3) is 0.0952. The molecule has 0 fully saturated rings. The van der Waals surface area contributed by atoms with Crippen LogP contribution in [0.15, 0.2) is 70.3 Å². The fourth-order valence-corrected chi connectivity index (χ4v) is 2.77. The van der Waals surface area contributed by atoms with Crippen molar-refractivity contribution in [3.05, 3.63) is 77.9 Å². The number of hydrogen-bond acceptors (Lipinski definition) is 6. The molecule has 0 saturated carbocycles. The molecular formula is C21H15F4N3O3. The zero-order valence-corrected chi connectivity index (χ0v) is 16.0. The molecule has 6 nitrogen and oxygen atoms in total. The van der Waals surface area contributed by atoms with E-state index in [-0.39, 0.29) is 16.9 Å². The second-order valence-electron chi connectivity index (χ2n) is 6.11. The number of alkyl halides is 3. The first-order valence-electron chi connectivity index (χ1n) is 8.73. The van der Waals surface area contributed by atoms with Crippen LogP contribution < -0.4 is 5.73 Å². The number of allylic oxidation sites excluding steroid dienone is 1. The molecule has 0 amide bonds. The number of carbonyl (C=O) groups excluding carboxylic acids is 1. The molecule has 0 aliphatic heterocycles. The van der Waals surface area contributed by atoms with E-state index in [1.807, 2.05) is 0 Å². The number of esters is 1. The van der Waals surface area contributed by atoms with Gasteiger partial charge in [-0.1, -0.05) is 41.6 Å². The van der Waals surface area contributed by atoms with Crippen molar-refractivity contribution in [2.24, 2.45) is 10.7 Å². The zero-order valence-electron chi connectivity index (χ0n) is 16.0. The number of rotatable bonds is 5. The molecule has 3 rings (SSSR count). The summed E-state index contributed by atoms with van der Waals surface area (Å²) in [5, 5.41) is 3.76. The van der Waals surface area contributed by atoms with E-state index < -0.39 is 35.0 Å². The highest BCUT2D eigenvalue weighted by atomic mass is 19.4. The Hall–Kier alpha value is -3.95. The lowest BCUT2D eigenvalue weighted by atomic mass is 10.00. The first-order valence-corrected chi connectivity index (χ1v) is 8.73. The minimum Gasteiger partial charge on any atom is -0.465 e. The fourth-order valence-electron chi connectivity index (χ4n) is 2.77. The van der Waals surface area contributed by atoms with Gasteiger partial charge in [0, 0.05) is 11.8 Å². The van der Waals surface area contributed by atoms with Crippen LogP contribution in [-0.4, -0.2) is 30.1 Å². The summed E-state index contributed by atoms with van der Waals surface area (Å²) < 4.78 is 64.9. The third-order valence-corrected chi connectivity index (χ3v) is 4.11. The van der Waals surface area contributed by atoms with Gasteiger partial charge in [-0.2, -0.15) is 13.2 Å². The molecule has 0 aliphatic carbocycles. The van der Waals surface area contributed by atoms with Gasteiger partial charge in [0.1, 0.15) is 17.1 Å². The van der Waals surface area contributed by atoms with E-state index in [2.05, 4.69) is 10.1 Å². The Labute approximate surface area is 173 Å². The summed E-state index contributed by atoms with van der Waals surface area (Å²) in [4.78, 5) is 15.9. The first kappa shape index (κ1) is 21.8. The smallest absolute Gasteiger partial charge is 0.434 e. The summed E-state index contributed by atoms with van der Waals surface area (Å²) in [5.74, 6) is -2.34. The molecule has 3 aromatic rings. The number of nitrogens with two attached hydrogens (primary N) is 1. The van der Waals surface area contributed by atoms with Gasteiger partial charge in [0.15, 0.2) is 11.5 Å². The quantitative estimate of drug-likeness (QED) is 0.351.